The molecule has 3 rings (SSSR count). The summed E-state index contributed by atoms with van der Waals surface area (Å²) in [6, 6.07) is 1.41. The van der Waals surface area contributed by atoms with E-state index in [1.165, 1.54) is 12.8 Å². The third-order valence-electron chi connectivity index (χ3n) is 4.37. The summed E-state index contributed by atoms with van der Waals surface area (Å²) in [6.45, 7) is 8.89. The maximum absolute atomic E-state index is 4.19. The van der Waals surface area contributed by atoms with Gasteiger partial charge in [-0.05, 0) is 32.2 Å². The van der Waals surface area contributed by atoms with Crippen LogP contribution in [0.1, 0.15) is 32.5 Å². The zero-order valence-corrected chi connectivity index (χ0v) is 11.3. The Kier molecular flexibility index (Phi) is 3.35. The summed E-state index contributed by atoms with van der Waals surface area (Å²) in [5.41, 5.74) is 0. The first kappa shape index (κ1) is 12.1. The van der Waals surface area contributed by atoms with Gasteiger partial charge in [0.05, 0.1) is 6.54 Å². The van der Waals surface area contributed by atoms with Gasteiger partial charge in [-0.15, -0.1) is 10.2 Å². The van der Waals surface area contributed by atoms with E-state index in [-0.39, 0.29) is 0 Å². The Morgan fingerprint density at radius 3 is 3.00 bits per heavy atom. The first-order chi connectivity index (χ1) is 8.74. The number of nitrogens with zero attached hydrogens (tertiary/aromatic N) is 4. The summed E-state index contributed by atoms with van der Waals surface area (Å²) in [5.74, 6) is 1.79. The van der Waals surface area contributed by atoms with Crippen molar-refractivity contribution in [1.29, 1.82) is 0 Å². The van der Waals surface area contributed by atoms with Crippen LogP contribution >= 0.6 is 0 Å². The maximum Gasteiger partial charge on any atom is 0.147 e. The second-order valence-electron chi connectivity index (χ2n) is 5.81. The summed E-state index contributed by atoms with van der Waals surface area (Å²) in [5, 5.41) is 11.8. The van der Waals surface area contributed by atoms with Crippen LogP contribution in [0.2, 0.25) is 0 Å². The molecule has 1 saturated carbocycles. The first-order valence-electron chi connectivity index (χ1n) is 7.08. The molecule has 2 aliphatic rings. The second-order valence-corrected chi connectivity index (χ2v) is 5.81. The number of hydrogen-bond donors (Lipinski definition) is 1. The highest BCUT2D eigenvalue weighted by molar-refractivity contribution is 4.92. The zero-order valence-electron chi connectivity index (χ0n) is 11.3. The van der Waals surface area contributed by atoms with Crippen LogP contribution in [-0.2, 0) is 13.1 Å². The number of nitrogens with one attached hydrogen (secondary N) is 1. The van der Waals surface area contributed by atoms with E-state index in [1.807, 2.05) is 6.33 Å². The topological polar surface area (TPSA) is 46.0 Å². The molecule has 0 saturated heterocycles. The lowest BCUT2D eigenvalue weighted by molar-refractivity contribution is 0.123. The molecule has 1 aliphatic heterocycles. The van der Waals surface area contributed by atoms with Gasteiger partial charge in [-0.3, -0.25) is 4.90 Å². The summed E-state index contributed by atoms with van der Waals surface area (Å²) in [6.07, 6.45) is 4.58. The van der Waals surface area contributed by atoms with Crippen LogP contribution < -0.4 is 5.32 Å². The lowest BCUT2D eigenvalue weighted by Crippen LogP contribution is -2.45. The molecule has 2 unspecified atom stereocenters. The fraction of sp³-hybridized carbons (Fsp3) is 0.846. The summed E-state index contributed by atoms with van der Waals surface area (Å²) in [7, 11) is 0. The molecule has 0 bridgehead atoms. The van der Waals surface area contributed by atoms with Crippen molar-refractivity contribution in [2.24, 2.45) is 5.92 Å². The van der Waals surface area contributed by atoms with Crippen molar-refractivity contribution in [3.63, 3.8) is 0 Å². The summed E-state index contributed by atoms with van der Waals surface area (Å²) in [4.78, 5) is 2.53. The molecule has 5 heteroatoms. The summed E-state index contributed by atoms with van der Waals surface area (Å²) < 4.78 is 2.16. The monoisotopic (exact) mass is 249 g/mol. The van der Waals surface area contributed by atoms with E-state index in [1.54, 1.807) is 0 Å². The molecule has 18 heavy (non-hydrogen) atoms. The van der Waals surface area contributed by atoms with Crippen molar-refractivity contribution in [1.82, 2.24) is 25.0 Å². The Bertz CT molecular complexity index is 398. The van der Waals surface area contributed by atoms with Crippen LogP contribution in [0.25, 0.3) is 0 Å². The number of aromatic nitrogens is 3. The average Bonchev–Trinajstić information content (AvgIpc) is 3.10. The molecule has 2 atom stereocenters. The van der Waals surface area contributed by atoms with Crippen molar-refractivity contribution in [3.05, 3.63) is 12.2 Å². The third-order valence-corrected chi connectivity index (χ3v) is 4.37. The number of hydrogen-bond acceptors (Lipinski definition) is 4. The predicted octanol–water partition coefficient (Wildman–Crippen LogP) is 0.870. The van der Waals surface area contributed by atoms with Gasteiger partial charge in [0.2, 0.25) is 0 Å². The smallest absolute Gasteiger partial charge is 0.147 e. The Labute approximate surface area is 109 Å². The van der Waals surface area contributed by atoms with Gasteiger partial charge in [-0.2, -0.15) is 0 Å². The van der Waals surface area contributed by atoms with Gasteiger partial charge in [0, 0.05) is 25.2 Å². The molecule has 1 N–H and O–H groups in total. The predicted molar refractivity (Wildman–Crippen MR) is 70.1 cm³/mol. The highest BCUT2D eigenvalue weighted by atomic mass is 15.3. The van der Waals surface area contributed by atoms with Gasteiger partial charge in [0.1, 0.15) is 12.2 Å². The molecular formula is C13H23N5. The van der Waals surface area contributed by atoms with Gasteiger partial charge in [-0.1, -0.05) is 6.92 Å². The standard InChI is InChI=1S/C13H23N5/c1-10(7-14-12-3-4-12)11(2)17-5-6-18-9-15-16-13(18)8-17/h9-12,14H,3-8H2,1-2H3. The van der Waals surface area contributed by atoms with Crippen LogP contribution in [0.5, 0.6) is 0 Å². The molecule has 1 aromatic rings. The molecule has 0 radical (unpaired) electrons. The minimum atomic E-state index is 0.599. The van der Waals surface area contributed by atoms with E-state index in [9.17, 15) is 0 Å². The van der Waals surface area contributed by atoms with E-state index >= 15 is 0 Å². The van der Waals surface area contributed by atoms with Crippen molar-refractivity contribution in [3.8, 4) is 0 Å². The first-order valence-corrected chi connectivity index (χ1v) is 7.08. The van der Waals surface area contributed by atoms with Gasteiger partial charge < -0.3 is 9.88 Å². The minimum absolute atomic E-state index is 0.599. The van der Waals surface area contributed by atoms with Gasteiger partial charge >= 0.3 is 0 Å². The molecule has 1 fully saturated rings. The van der Waals surface area contributed by atoms with Crippen LogP contribution in [0.15, 0.2) is 6.33 Å². The molecular weight excluding hydrogens is 226 g/mol. The Morgan fingerprint density at radius 2 is 2.22 bits per heavy atom. The van der Waals surface area contributed by atoms with E-state index in [4.69, 9.17) is 0 Å². The lowest BCUT2D eigenvalue weighted by atomic mass is 10.0. The highest BCUT2D eigenvalue weighted by Gasteiger charge is 2.27. The van der Waals surface area contributed by atoms with Crippen molar-refractivity contribution >= 4 is 0 Å². The molecule has 1 aromatic heterocycles. The lowest BCUT2D eigenvalue weighted by Gasteiger charge is -2.35. The average molecular weight is 249 g/mol. The zero-order chi connectivity index (χ0) is 12.5. The fourth-order valence-corrected chi connectivity index (χ4v) is 2.60. The van der Waals surface area contributed by atoms with E-state index < -0.39 is 0 Å². The van der Waals surface area contributed by atoms with Crippen molar-refractivity contribution < 1.29 is 0 Å². The van der Waals surface area contributed by atoms with Crippen LogP contribution in [-0.4, -0.2) is 44.8 Å². The Balaban J connectivity index is 1.54. The molecule has 0 amide bonds. The Morgan fingerprint density at radius 1 is 1.39 bits per heavy atom. The molecule has 0 aromatic carbocycles. The van der Waals surface area contributed by atoms with E-state index in [0.717, 1.165) is 38.0 Å². The Hall–Kier alpha value is -0.940. The third kappa shape index (κ3) is 2.57. The minimum Gasteiger partial charge on any atom is -0.315 e. The van der Waals surface area contributed by atoms with Gasteiger partial charge in [0.25, 0.3) is 0 Å². The van der Waals surface area contributed by atoms with Crippen LogP contribution in [0.3, 0.4) is 0 Å². The molecule has 5 nitrogen and oxygen atoms in total. The highest BCUT2D eigenvalue weighted by Crippen LogP contribution is 2.21. The van der Waals surface area contributed by atoms with E-state index in [2.05, 4.69) is 38.8 Å². The normalized spacial score (nSPS) is 23.7. The van der Waals surface area contributed by atoms with Crippen LogP contribution in [0, 0.1) is 5.92 Å². The molecule has 1 aliphatic carbocycles. The van der Waals surface area contributed by atoms with E-state index in [0.29, 0.717) is 12.0 Å². The summed E-state index contributed by atoms with van der Waals surface area (Å²) >= 11 is 0. The van der Waals surface area contributed by atoms with Crippen molar-refractivity contribution in [2.45, 2.75) is 51.9 Å². The van der Waals surface area contributed by atoms with Crippen molar-refractivity contribution in [2.75, 3.05) is 13.1 Å². The molecule has 0 spiro atoms. The second kappa shape index (κ2) is 4.97. The SMILES string of the molecule is CC(CNC1CC1)C(C)N1CCn2cnnc2C1. The molecule has 2 heterocycles. The van der Waals surface area contributed by atoms with Crippen LogP contribution in [0.4, 0.5) is 0 Å². The quantitative estimate of drug-likeness (QED) is 0.841. The maximum atomic E-state index is 4.19. The molecule has 100 valence electrons. The van der Waals surface area contributed by atoms with Gasteiger partial charge in [0.15, 0.2) is 0 Å². The largest absolute Gasteiger partial charge is 0.315 e. The number of rotatable bonds is 5. The number of fused-ring (bicyclic) bond motifs is 1. The van der Waals surface area contributed by atoms with Gasteiger partial charge in [-0.25, -0.2) is 0 Å². The fourth-order valence-electron chi connectivity index (χ4n) is 2.60.